The van der Waals surface area contributed by atoms with Crippen LogP contribution in [-0.4, -0.2) is 0 Å². The summed E-state index contributed by atoms with van der Waals surface area (Å²) >= 11 is 0. The summed E-state index contributed by atoms with van der Waals surface area (Å²) < 4.78 is 14.3. The highest BCUT2D eigenvalue weighted by Gasteiger charge is 2.06. The molecule has 0 atom stereocenters. The molecule has 0 aliphatic heterocycles. The molecule has 0 nitrogen and oxygen atoms in total. The molecule has 0 N–H and O–H groups in total. The van der Waals surface area contributed by atoms with Crippen LogP contribution in [0, 0.1) is 17.7 Å². The molecule has 0 amide bonds. The van der Waals surface area contributed by atoms with Crippen LogP contribution >= 0.6 is 0 Å². The van der Waals surface area contributed by atoms with Crippen LogP contribution in [0.5, 0.6) is 0 Å². The van der Waals surface area contributed by atoms with Gasteiger partial charge in [0.25, 0.3) is 0 Å². The van der Waals surface area contributed by atoms with E-state index in [1.807, 2.05) is 30.3 Å². The molecule has 0 bridgehead atoms. The van der Waals surface area contributed by atoms with E-state index in [2.05, 4.69) is 43.0 Å². The highest BCUT2D eigenvalue weighted by atomic mass is 19.1. The van der Waals surface area contributed by atoms with E-state index in [4.69, 9.17) is 0 Å². The SMILES string of the molecule is CC#Cc1ccc(-c2ccc(-c3ccc(CCC)cc3)cc2)c(F)c1. The summed E-state index contributed by atoms with van der Waals surface area (Å²) in [6, 6.07) is 21.8. The van der Waals surface area contributed by atoms with Crippen LogP contribution in [0.2, 0.25) is 0 Å². The molecule has 0 fully saturated rings. The molecule has 1 heteroatoms. The molecule has 25 heavy (non-hydrogen) atoms. The van der Waals surface area contributed by atoms with E-state index < -0.39 is 0 Å². The third-order valence-corrected chi connectivity index (χ3v) is 4.26. The van der Waals surface area contributed by atoms with Crippen LogP contribution < -0.4 is 0 Å². The van der Waals surface area contributed by atoms with Crippen molar-refractivity contribution in [3.63, 3.8) is 0 Å². The molecule has 0 aromatic heterocycles. The number of halogens is 1. The standard InChI is InChI=1S/C24H21F/c1-3-5-18-7-10-20(11-8-18)21-12-14-22(15-13-21)23-16-9-19(6-4-2)17-24(23)25/h7-17H,3,5H2,1-2H3. The minimum Gasteiger partial charge on any atom is -0.206 e. The average molecular weight is 328 g/mol. The smallest absolute Gasteiger partial charge is 0.132 e. The summed E-state index contributed by atoms with van der Waals surface area (Å²) in [4.78, 5) is 0. The van der Waals surface area contributed by atoms with Gasteiger partial charge in [0.15, 0.2) is 0 Å². The van der Waals surface area contributed by atoms with Gasteiger partial charge in [-0.3, -0.25) is 0 Å². The fraction of sp³-hybridized carbons (Fsp3) is 0.167. The van der Waals surface area contributed by atoms with Crippen molar-refractivity contribution in [3.05, 3.63) is 83.7 Å². The first-order valence-corrected chi connectivity index (χ1v) is 8.63. The molecule has 0 unspecified atom stereocenters. The zero-order valence-corrected chi connectivity index (χ0v) is 14.6. The lowest BCUT2D eigenvalue weighted by molar-refractivity contribution is 0.631. The van der Waals surface area contributed by atoms with Crippen LogP contribution in [0.3, 0.4) is 0 Å². The van der Waals surface area contributed by atoms with Gasteiger partial charge in [-0.15, -0.1) is 5.92 Å². The molecular weight excluding hydrogens is 307 g/mol. The van der Waals surface area contributed by atoms with Crippen molar-refractivity contribution in [3.8, 4) is 34.1 Å². The summed E-state index contributed by atoms with van der Waals surface area (Å²) in [5, 5.41) is 0. The average Bonchev–Trinajstić information content (AvgIpc) is 2.63. The maximum Gasteiger partial charge on any atom is 0.132 e. The summed E-state index contributed by atoms with van der Waals surface area (Å²) in [6.45, 7) is 3.94. The highest BCUT2D eigenvalue weighted by molar-refractivity contribution is 5.71. The van der Waals surface area contributed by atoms with E-state index >= 15 is 0 Å². The van der Waals surface area contributed by atoms with Crippen molar-refractivity contribution in [1.82, 2.24) is 0 Å². The summed E-state index contributed by atoms with van der Waals surface area (Å²) in [5.74, 6) is 5.43. The summed E-state index contributed by atoms with van der Waals surface area (Å²) in [7, 11) is 0. The molecule has 0 aliphatic carbocycles. The van der Waals surface area contributed by atoms with E-state index in [0.717, 1.165) is 24.0 Å². The lowest BCUT2D eigenvalue weighted by Crippen LogP contribution is -1.87. The van der Waals surface area contributed by atoms with Crippen molar-refractivity contribution in [2.75, 3.05) is 0 Å². The number of hydrogen-bond acceptors (Lipinski definition) is 0. The predicted octanol–water partition coefficient (Wildman–Crippen LogP) is 6.48. The van der Waals surface area contributed by atoms with Crippen molar-refractivity contribution in [2.24, 2.45) is 0 Å². The molecular formula is C24H21F. The van der Waals surface area contributed by atoms with Crippen LogP contribution in [0.4, 0.5) is 4.39 Å². The Labute approximate surface area is 149 Å². The Kier molecular flexibility index (Phi) is 5.31. The maximum atomic E-state index is 14.3. The molecule has 0 heterocycles. The zero-order valence-electron chi connectivity index (χ0n) is 14.6. The van der Waals surface area contributed by atoms with Gasteiger partial charge < -0.3 is 0 Å². The molecule has 0 spiro atoms. The highest BCUT2D eigenvalue weighted by Crippen LogP contribution is 2.27. The second kappa shape index (κ2) is 7.81. The van der Waals surface area contributed by atoms with E-state index in [-0.39, 0.29) is 5.82 Å². The number of aryl methyl sites for hydroxylation is 1. The second-order valence-corrected chi connectivity index (χ2v) is 6.09. The minimum atomic E-state index is -0.239. The third-order valence-electron chi connectivity index (χ3n) is 4.26. The van der Waals surface area contributed by atoms with Gasteiger partial charge in [0.2, 0.25) is 0 Å². The Morgan fingerprint density at radius 3 is 1.96 bits per heavy atom. The Morgan fingerprint density at radius 1 is 0.800 bits per heavy atom. The Hall–Kier alpha value is -2.85. The monoisotopic (exact) mass is 328 g/mol. The first kappa shape index (κ1) is 17.0. The largest absolute Gasteiger partial charge is 0.206 e. The van der Waals surface area contributed by atoms with Gasteiger partial charge in [-0.2, -0.15) is 0 Å². The third kappa shape index (κ3) is 3.98. The molecule has 124 valence electrons. The van der Waals surface area contributed by atoms with Gasteiger partial charge in [-0.1, -0.05) is 73.9 Å². The fourth-order valence-electron chi connectivity index (χ4n) is 2.97. The fourth-order valence-corrected chi connectivity index (χ4v) is 2.97. The second-order valence-electron chi connectivity index (χ2n) is 6.09. The first-order valence-electron chi connectivity index (χ1n) is 8.63. The van der Waals surface area contributed by atoms with Gasteiger partial charge >= 0.3 is 0 Å². The van der Waals surface area contributed by atoms with Crippen LogP contribution in [0.1, 0.15) is 31.4 Å². The minimum absolute atomic E-state index is 0.239. The van der Waals surface area contributed by atoms with Crippen molar-refractivity contribution < 1.29 is 4.39 Å². The van der Waals surface area contributed by atoms with Gasteiger partial charge in [-0.05, 0) is 47.7 Å². The molecule has 3 aromatic carbocycles. The van der Waals surface area contributed by atoms with E-state index in [0.29, 0.717) is 11.1 Å². The Bertz CT molecular complexity index is 907. The van der Waals surface area contributed by atoms with E-state index in [1.165, 1.54) is 17.2 Å². The summed E-state index contributed by atoms with van der Waals surface area (Å²) in [6.07, 6.45) is 2.26. The number of hydrogen-bond donors (Lipinski definition) is 0. The Balaban J connectivity index is 1.85. The van der Waals surface area contributed by atoms with Crippen LogP contribution in [-0.2, 0) is 6.42 Å². The number of benzene rings is 3. The van der Waals surface area contributed by atoms with E-state index in [9.17, 15) is 4.39 Å². The van der Waals surface area contributed by atoms with Crippen LogP contribution in [0.15, 0.2) is 66.7 Å². The van der Waals surface area contributed by atoms with Gasteiger partial charge in [0.05, 0.1) is 0 Å². The lowest BCUT2D eigenvalue weighted by Gasteiger charge is -2.07. The normalized spacial score (nSPS) is 10.2. The lowest BCUT2D eigenvalue weighted by atomic mass is 9.98. The summed E-state index contributed by atoms with van der Waals surface area (Å²) in [5.41, 5.74) is 5.86. The molecule has 0 saturated carbocycles. The molecule has 3 aromatic rings. The first-order chi connectivity index (χ1) is 12.2. The van der Waals surface area contributed by atoms with Crippen molar-refractivity contribution in [1.29, 1.82) is 0 Å². The topological polar surface area (TPSA) is 0 Å². The molecule has 0 radical (unpaired) electrons. The molecule has 0 aliphatic rings. The predicted molar refractivity (Wildman–Crippen MR) is 104 cm³/mol. The zero-order chi connectivity index (χ0) is 17.6. The van der Waals surface area contributed by atoms with Gasteiger partial charge in [0.1, 0.15) is 5.82 Å². The van der Waals surface area contributed by atoms with E-state index in [1.54, 1.807) is 13.0 Å². The maximum absolute atomic E-state index is 14.3. The number of rotatable bonds is 4. The van der Waals surface area contributed by atoms with Crippen molar-refractivity contribution >= 4 is 0 Å². The van der Waals surface area contributed by atoms with Crippen LogP contribution in [0.25, 0.3) is 22.3 Å². The van der Waals surface area contributed by atoms with Gasteiger partial charge in [-0.25, -0.2) is 4.39 Å². The quantitative estimate of drug-likeness (QED) is 0.481. The Morgan fingerprint density at radius 2 is 1.40 bits per heavy atom. The van der Waals surface area contributed by atoms with Gasteiger partial charge in [0, 0.05) is 11.1 Å². The molecule has 3 rings (SSSR count). The molecule has 0 saturated heterocycles. The van der Waals surface area contributed by atoms with Crippen molar-refractivity contribution in [2.45, 2.75) is 26.7 Å².